The molecular weight excluding hydrogens is 232 g/mol. The molecule has 7 heteroatoms. The van der Waals surface area contributed by atoms with Crippen LogP contribution in [0.15, 0.2) is 0 Å². The van der Waals surface area contributed by atoms with E-state index in [1.54, 1.807) is 20.8 Å². The van der Waals surface area contributed by atoms with Crippen LogP contribution in [-0.4, -0.2) is 42.4 Å². The number of carboxylic acids is 1. The second-order valence-corrected chi connectivity index (χ2v) is 5.63. The first-order valence-corrected chi connectivity index (χ1v) is 6.65. The lowest BCUT2D eigenvalue weighted by molar-refractivity contribution is -0.137. The van der Waals surface area contributed by atoms with Gasteiger partial charge in [0.25, 0.3) is 10.2 Å². The van der Waals surface area contributed by atoms with Gasteiger partial charge >= 0.3 is 5.97 Å². The molecule has 16 heavy (non-hydrogen) atoms. The summed E-state index contributed by atoms with van der Waals surface area (Å²) in [7, 11) is -3.73. The zero-order chi connectivity index (χ0) is 12.9. The third-order valence-electron chi connectivity index (χ3n) is 2.07. The predicted octanol–water partition coefficient (Wildman–Crippen LogP) is 0.414. The van der Waals surface area contributed by atoms with Crippen molar-refractivity contribution >= 4 is 16.2 Å². The smallest absolute Gasteiger partial charge is 0.318 e. The Morgan fingerprint density at radius 2 is 1.88 bits per heavy atom. The first-order valence-electron chi connectivity index (χ1n) is 5.21. The van der Waals surface area contributed by atoms with Gasteiger partial charge in [-0.25, -0.2) is 0 Å². The van der Waals surface area contributed by atoms with Crippen molar-refractivity contribution in [2.24, 2.45) is 0 Å². The minimum atomic E-state index is -3.73. The fourth-order valence-corrected chi connectivity index (χ4v) is 2.81. The van der Waals surface area contributed by atoms with Crippen molar-refractivity contribution in [3.63, 3.8) is 0 Å². The molecule has 0 aromatic heterocycles. The zero-order valence-electron chi connectivity index (χ0n) is 10.1. The molecule has 0 saturated carbocycles. The van der Waals surface area contributed by atoms with E-state index in [0.29, 0.717) is 6.42 Å². The second-order valence-electron chi connectivity index (χ2n) is 3.97. The number of nitrogens with zero attached hydrogens (tertiary/aromatic N) is 1. The molecule has 0 bridgehead atoms. The van der Waals surface area contributed by atoms with Gasteiger partial charge in [-0.2, -0.15) is 17.4 Å². The van der Waals surface area contributed by atoms with Gasteiger partial charge < -0.3 is 5.11 Å². The van der Waals surface area contributed by atoms with Crippen molar-refractivity contribution in [1.82, 2.24) is 9.03 Å². The molecule has 0 aliphatic heterocycles. The Balaban J connectivity index is 4.94. The highest BCUT2D eigenvalue weighted by Crippen LogP contribution is 2.09. The molecule has 0 rings (SSSR count). The monoisotopic (exact) mass is 252 g/mol. The summed E-state index contributed by atoms with van der Waals surface area (Å²) in [6.07, 6.45) is 0.562. The van der Waals surface area contributed by atoms with E-state index in [2.05, 4.69) is 4.72 Å². The van der Waals surface area contributed by atoms with E-state index in [4.69, 9.17) is 5.11 Å². The van der Waals surface area contributed by atoms with Crippen molar-refractivity contribution in [3.05, 3.63) is 0 Å². The topological polar surface area (TPSA) is 86.7 Å². The molecule has 0 amide bonds. The molecule has 0 spiro atoms. The predicted molar refractivity (Wildman–Crippen MR) is 61.3 cm³/mol. The zero-order valence-corrected chi connectivity index (χ0v) is 10.9. The second kappa shape index (κ2) is 6.17. The fraction of sp³-hybridized carbons (Fsp3) is 0.889. The molecule has 0 aromatic rings. The maximum Gasteiger partial charge on any atom is 0.318 e. The average molecular weight is 252 g/mol. The van der Waals surface area contributed by atoms with Crippen molar-refractivity contribution in [2.45, 2.75) is 46.2 Å². The number of nitrogens with one attached hydrogen (secondary N) is 1. The summed E-state index contributed by atoms with van der Waals surface area (Å²) in [6.45, 7) is 6.35. The highest BCUT2D eigenvalue weighted by Gasteiger charge is 2.28. The molecule has 0 aromatic carbocycles. The maximum absolute atomic E-state index is 11.8. The largest absolute Gasteiger partial charge is 0.480 e. The van der Waals surface area contributed by atoms with Crippen molar-refractivity contribution < 1.29 is 18.3 Å². The molecule has 6 nitrogen and oxygen atoms in total. The normalized spacial score (nSPS) is 14.4. The van der Waals surface area contributed by atoms with Crippen LogP contribution >= 0.6 is 0 Å². The van der Waals surface area contributed by atoms with Crippen molar-refractivity contribution in [3.8, 4) is 0 Å². The van der Waals surface area contributed by atoms with E-state index < -0.39 is 22.7 Å². The van der Waals surface area contributed by atoms with Gasteiger partial charge in [0.05, 0.1) is 0 Å². The van der Waals surface area contributed by atoms with Gasteiger partial charge in [-0.15, -0.1) is 0 Å². The van der Waals surface area contributed by atoms with Gasteiger partial charge in [0.2, 0.25) is 0 Å². The molecule has 0 fully saturated rings. The van der Waals surface area contributed by atoms with E-state index in [1.165, 1.54) is 0 Å². The lowest BCUT2D eigenvalue weighted by Crippen LogP contribution is -2.49. The Bertz CT molecular complexity index is 326. The summed E-state index contributed by atoms with van der Waals surface area (Å²) in [5.41, 5.74) is 0. The first kappa shape index (κ1) is 15.3. The van der Waals surface area contributed by atoms with Crippen LogP contribution in [0.5, 0.6) is 0 Å². The lowest BCUT2D eigenvalue weighted by Gasteiger charge is -2.27. The SMILES string of the molecule is CCC(C)N(CC(=O)O)S(=O)(=O)NC(C)C. The van der Waals surface area contributed by atoms with Gasteiger partial charge in [0.1, 0.15) is 6.54 Å². The van der Waals surface area contributed by atoms with Crippen LogP contribution in [-0.2, 0) is 15.0 Å². The fourth-order valence-electron chi connectivity index (χ4n) is 1.18. The van der Waals surface area contributed by atoms with Crippen LogP contribution in [0.3, 0.4) is 0 Å². The molecule has 0 aliphatic rings. The van der Waals surface area contributed by atoms with Gasteiger partial charge in [0.15, 0.2) is 0 Å². The Morgan fingerprint density at radius 3 is 2.19 bits per heavy atom. The van der Waals surface area contributed by atoms with Crippen molar-refractivity contribution in [1.29, 1.82) is 0 Å². The number of hydrogen-bond acceptors (Lipinski definition) is 3. The summed E-state index contributed by atoms with van der Waals surface area (Å²) < 4.78 is 27.0. The molecule has 0 aliphatic carbocycles. The summed E-state index contributed by atoms with van der Waals surface area (Å²) >= 11 is 0. The highest BCUT2D eigenvalue weighted by atomic mass is 32.2. The average Bonchev–Trinajstić information content (AvgIpc) is 2.10. The first-order chi connectivity index (χ1) is 7.20. The maximum atomic E-state index is 11.8. The van der Waals surface area contributed by atoms with Gasteiger partial charge in [-0.1, -0.05) is 6.92 Å². The number of carboxylic acid groups (broad SMARTS) is 1. The van der Waals surface area contributed by atoms with Gasteiger partial charge in [-0.3, -0.25) is 4.79 Å². The van der Waals surface area contributed by atoms with E-state index in [0.717, 1.165) is 4.31 Å². The summed E-state index contributed by atoms with van der Waals surface area (Å²) in [6, 6.07) is -0.599. The minimum Gasteiger partial charge on any atom is -0.480 e. The summed E-state index contributed by atoms with van der Waals surface area (Å²) in [5.74, 6) is -1.16. The Labute approximate surface area is 96.8 Å². The standard InChI is InChI=1S/C9H20N2O4S/c1-5-8(4)11(6-9(12)13)16(14,15)10-7(2)3/h7-8,10H,5-6H2,1-4H3,(H,12,13). The Kier molecular flexibility index (Phi) is 5.91. The van der Waals surface area contributed by atoms with Crippen LogP contribution in [0, 0.1) is 0 Å². The molecule has 96 valence electrons. The summed E-state index contributed by atoms with van der Waals surface area (Å²) in [5, 5.41) is 8.69. The van der Waals surface area contributed by atoms with E-state index in [1.807, 2.05) is 6.92 Å². The molecule has 2 N–H and O–H groups in total. The number of carbonyl (C=O) groups is 1. The molecule has 0 heterocycles. The van der Waals surface area contributed by atoms with E-state index in [-0.39, 0.29) is 12.1 Å². The van der Waals surface area contributed by atoms with Crippen molar-refractivity contribution in [2.75, 3.05) is 6.54 Å². The van der Waals surface area contributed by atoms with Crippen LogP contribution in [0.25, 0.3) is 0 Å². The van der Waals surface area contributed by atoms with Gasteiger partial charge in [-0.05, 0) is 27.2 Å². The van der Waals surface area contributed by atoms with E-state index >= 15 is 0 Å². The molecule has 1 atom stereocenters. The lowest BCUT2D eigenvalue weighted by atomic mass is 10.2. The number of rotatable bonds is 7. The van der Waals surface area contributed by atoms with E-state index in [9.17, 15) is 13.2 Å². The minimum absolute atomic E-state index is 0.259. The van der Waals surface area contributed by atoms with Crippen LogP contribution in [0.4, 0.5) is 0 Å². The third kappa shape index (κ3) is 4.91. The molecule has 0 radical (unpaired) electrons. The number of aliphatic carboxylic acids is 1. The molecule has 0 saturated heterocycles. The van der Waals surface area contributed by atoms with Crippen LogP contribution < -0.4 is 4.72 Å². The van der Waals surface area contributed by atoms with Crippen LogP contribution in [0.2, 0.25) is 0 Å². The number of hydrogen-bond donors (Lipinski definition) is 2. The van der Waals surface area contributed by atoms with Crippen LogP contribution in [0.1, 0.15) is 34.1 Å². The Morgan fingerprint density at radius 1 is 1.38 bits per heavy atom. The highest BCUT2D eigenvalue weighted by molar-refractivity contribution is 7.87. The Hall–Kier alpha value is -0.660. The molecule has 1 unspecified atom stereocenters. The van der Waals surface area contributed by atoms with Gasteiger partial charge in [0, 0.05) is 12.1 Å². The summed E-state index contributed by atoms with van der Waals surface area (Å²) in [4.78, 5) is 10.6. The third-order valence-corrected chi connectivity index (χ3v) is 3.94. The quantitative estimate of drug-likeness (QED) is 0.687. The molecular formula is C9H20N2O4S.